The first-order valence-corrected chi connectivity index (χ1v) is 12.3. The summed E-state index contributed by atoms with van der Waals surface area (Å²) in [6.45, 7) is 7.01. The van der Waals surface area contributed by atoms with E-state index in [-0.39, 0.29) is 35.8 Å². The molecule has 0 saturated carbocycles. The number of fused-ring (bicyclic) bond motifs is 1. The second-order valence-electron chi connectivity index (χ2n) is 8.50. The molecule has 0 atom stereocenters. The Balaban J connectivity index is 2.13. The summed E-state index contributed by atoms with van der Waals surface area (Å²) in [6.07, 6.45) is 0.828. The number of amides is 2. The molecule has 3 rings (SSSR count). The molecule has 0 aliphatic rings. The fraction of sp³-hybridized carbons (Fsp3) is 0.407. The molecule has 1 N–H and O–H groups in total. The number of nitrogens with one attached hydrogen (secondary N) is 1. The average Bonchev–Trinajstić information content (AvgIpc) is 2.92. The van der Waals surface area contributed by atoms with Crippen molar-refractivity contribution >= 4 is 22.7 Å². The lowest BCUT2D eigenvalue weighted by molar-refractivity contribution is -0.131. The van der Waals surface area contributed by atoms with E-state index in [1.165, 1.54) is 24.9 Å². The number of carbonyl (C=O) groups excluding carboxylic acids is 2. The van der Waals surface area contributed by atoms with Crippen LogP contribution in [0.4, 0.5) is 0 Å². The molecule has 10 heteroatoms. The third kappa shape index (κ3) is 5.84. The maximum atomic E-state index is 13.6. The topological polar surface area (TPSA) is 112 Å². The number of rotatable bonds is 11. The van der Waals surface area contributed by atoms with Gasteiger partial charge in [0.05, 0.1) is 31.7 Å². The van der Waals surface area contributed by atoms with Gasteiger partial charge < -0.3 is 19.7 Å². The van der Waals surface area contributed by atoms with Crippen molar-refractivity contribution in [1.29, 1.82) is 0 Å². The maximum absolute atomic E-state index is 13.6. The Hall–Kier alpha value is -4.08. The lowest BCUT2D eigenvalue weighted by Gasteiger charge is -2.21. The number of nitrogens with zero attached hydrogens (tertiary/aromatic N) is 3. The van der Waals surface area contributed by atoms with Crippen molar-refractivity contribution in [3.8, 4) is 11.5 Å². The van der Waals surface area contributed by atoms with Crippen LogP contribution in [0.1, 0.15) is 43.1 Å². The summed E-state index contributed by atoms with van der Waals surface area (Å²) < 4.78 is 13.1. The van der Waals surface area contributed by atoms with Crippen molar-refractivity contribution in [2.45, 2.75) is 40.3 Å². The molecule has 0 aliphatic carbocycles. The molecule has 37 heavy (non-hydrogen) atoms. The standard InChI is InChI=1S/C27H34N4O6/c1-6-13-28-25(33)19-11-9-18(10-12-19)16-31-26(34)20-14-22(36-4)23(37-5)15-21(20)30(27(31)35)17-24(32)29(7-2)8-3/h9-12,14-15H,6-8,13,16-17H2,1-5H3,(H,28,33). The van der Waals surface area contributed by atoms with Crippen LogP contribution in [0, 0.1) is 0 Å². The second kappa shape index (κ2) is 12.2. The molecule has 3 aromatic rings. The number of likely N-dealkylation sites (N-methyl/N-ethyl adjacent to an activating group) is 1. The van der Waals surface area contributed by atoms with Crippen LogP contribution < -0.4 is 26.0 Å². The monoisotopic (exact) mass is 510 g/mol. The lowest BCUT2D eigenvalue weighted by atomic mass is 10.1. The first-order chi connectivity index (χ1) is 17.8. The number of hydrogen-bond donors (Lipinski definition) is 1. The molecule has 0 aliphatic heterocycles. The maximum Gasteiger partial charge on any atom is 0.332 e. The van der Waals surface area contributed by atoms with Crippen LogP contribution in [0.15, 0.2) is 46.0 Å². The number of aromatic nitrogens is 2. The fourth-order valence-corrected chi connectivity index (χ4v) is 4.13. The zero-order chi connectivity index (χ0) is 27.1. The molecule has 0 spiro atoms. The molecular formula is C27H34N4O6. The highest BCUT2D eigenvalue weighted by atomic mass is 16.5. The van der Waals surface area contributed by atoms with E-state index in [2.05, 4.69) is 5.32 Å². The highest BCUT2D eigenvalue weighted by Crippen LogP contribution is 2.30. The van der Waals surface area contributed by atoms with Gasteiger partial charge in [0.1, 0.15) is 6.54 Å². The van der Waals surface area contributed by atoms with Gasteiger partial charge in [-0.3, -0.25) is 23.5 Å². The van der Waals surface area contributed by atoms with Crippen LogP contribution in [0.5, 0.6) is 11.5 Å². The molecule has 198 valence electrons. The summed E-state index contributed by atoms with van der Waals surface area (Å²) in [7, 11) is 2.92. The van der Waals surface area contributed by atoms with Crippen LogP contribution in [0.2, 0.25) is 0 Å². The van der Waals surface area contributed by atoms with Gasteiger partial charge in [-0.2, -0.15) is 0 Å². The van der Waals surface area contributed by atoms with Gasteiger partial charge in [-0.25, -0.2) is 4.79 Å². The summed E-state index contributed by atoms with van der Waals surface area (Å²) >= 11 is 0. The average molecular weight is 511 g/mol. The van der Waals surface area contributed by atoms with E-state index in [0.29, 0.717) is 42.3 Å². The quantitative estimate of drug-likeness (QED) is 0.424. The van der Waals surface area contributed by atoms with Crippen LogP contribution in [-0.4, -0.2) is 59.7 Å². The smallest absolute Gasteiger partial charge is 0.332 e. The highest BCUT2D eigenvalue weighted by molar-refractivity contribution is 5.94. The molecule has 1 aromatic heterocycles. The summed E-state index contributed by atoms with van der Waals surface area (Å²) in [5, 5.41) is 3.04. The van der Waals surface area contributed by atoms with Crippen molar-refractivity contribution in [2.75, 3.05) is 33.9 Å². The van der Waals surface area contributed by atoms with Gasteiger partial charge >= 0.3 is 5.69 Å². The minimum atomic E-state index is -0.616. The zero-order valence-corrected chi connectivity index (χ0v) is 22.0. The number of benzene rings is 2. The van der Waals surface area contributed by atoms with Crippen molar-refractivity contribution in [3.05, 3.63) is 68.4 Å². The molecule has 0 bridgehead atoms. The molecule has 1 heterocycles. The second-order valence-corrected chi connectivity index (χ2v) is 8.50. The third-order valence-corrected chi connectivity index (χ3v) is 6.23. The SMILES string of the molecule is CCCNC(=O)c1ccc(Cn2c(=O)c3cc(OC)c(OC)cc3n(CC(=O)N(CC)CC)c2=O)cc1. The van der Waals surface area contributed by atoms with E-state index < -0.39 is 11.2 Å². The summed E-state index contributed by atoms with van der Waals surface area (Å²) in [4.78, 5) is 53.9. The van der Waals surface area contributed by atoms with Gasteiger partial charge in [-0.05, 0) is 44.0 Å². The van der Waals surface area contributed by atoms with E-state index >= 15 is 0 Å². The molecule has 2 amide bonds. The molecular weight excluding hydrogens is 476 g/mol. The van der Waals surface area contributed by atoms with E-state index in [9.17, 15) is 19.2 Å². The summed E-state index contributed by atoms with van der Waals surface area (Å²) in [5.74, 6) is 0.249. The molecule has 0 unspecified atom stereocenters. The van der Waals surface area contributed by atoms with Gasteiger partial charge in [0.25, 0.3) is 11.5 Å². The van der Waals surface area contributed by atoms with Crippen LogP contribution >= 0.6 is 0 Å². The van der Waals surface area contributed by atoms with E-state index in [1.807, 2.05) is 20.8 Å². The van der Waals surface area contributed by atoms with Gasteiger partial charge in [-0.1, -0.05) is 19.1 Å². The Labute approximate surface area is 215 Å². The summed E-state index contributed by atoms with van der Waals surface area (Å²) in [5.41, 5.74) is 0.300. The van der Waals surface area contributed by atoms with Crippen molar-refractivity contribution in [3.63, 3.8) is 0 Å². The highest BCUT2D eigenvalue weighted by Gasteiger charge is 2.20. The Morgan fingerprint density at radius 3 is 2.11 bits per heavy atom. The van der Waals surface area contributed by atoms with Crippen LogP contribution in [0.3, 0.4) is 0 Å². The number of methoxy groups -OCH3 is 2. The molecule has 0 saturated heterocycles. The van der Waals surface area contributed by atoms with Crippen LogP contribution in [0.25, 0.3) is 10.9 Å². The normalized spacial score (nSPS) is 10.8. The number of ether oxygens (including phenoxy) is 2. The molecule has 0 radical (unpaired) electrons. The Kier molecular flexibility index (Phi) is 9.10. The first-order valence-electron chi connectivity index (χ1n) is 12.3. The predicted molar refractivity (Wildman–Crippen MR) is 142 cm³/mol. The van der Waals surface area contributed by atoms with Crippen molar-refractivity contribution < 1.29 is 19.1 Å². The van der Waals surface area contributed by atoms with E-state index in [4.69, 9.17) is 9.47 Å². The zero-order valence-electron chi connectivity index (χ0n) is 22.0. The third-order valence-electron chi connectivity index (χ3n) is 6.23. The van der Waals surface area contributed by atoms with Gasteiger partial charge in [0, 0.05) is 31.3 Å². The Bertz CT molecular complexity index is 1390. The molecule has 10 nitrogen and oxygen atoms in total. The van der Waals surface area contributed by atoms with Gasteiger partial charge in [0.2, 0.25) is 5.91 Å². The van der Waals surface area contributed by atoms with Crippen molar-refractivity contribution in [2.24, 2.45) is 0 Å². The Morgan fingerprint density at radius 2 is 1.54 bits per heavy atom. The minimum Gasteiger partial charge on any atom is -0.493 e. The van der Waals surface area contributed by atoms with E-state index in [1.54, 1.807) is 35.2 Å². The van der Waals surface area contributed by atoms with E-state index in [0.717, 1.165) is 11.0 Å². The largest absolute Gasteiger partial charge is 0.493 e. The first kappa shape index (κ1) is 27.5. The van der Waals surface area contributed by atoms with Gasteiger partial charge in [0.15, 0.2) is 11.5 Å². The van der Waals surface area contributed by atoms with Crippen molar-refractivity contribution in [1.82, 2.24) is 19.4 Å². The fourth-order valence-electron chi connectivity index (χ4n) is 4.13. The summed E-state index contributed by atoms with van der Waals surface area (Å²) in [6, 6.07) is 9.78. The number of hydrogen-bond acceptors (Lipinski definition) is 6. The number of carbonyl (C=O) groups is 2. The molecule has 2 aromatic carbocycles. The lowest BCUT2D eigenvalue weighted by Crippen LogP contribution is -2.43. The van der Waals surface area contributed by atoms with Gasteiger partial charge in [-0.15, -0.1) is 0 Å². The predicted octanol–water partition coefficient (Wildman–Crippen LogP) is 2.24. The van der Waals surface area contributed by atoms with Crippen LogP contribution in [-0.2, 0) is 17.9 Å². The Morgan fingerprint density at radius 1 is 0.919 bits per heavy atom. The molecule has 0 fully saturated rings. The minimum absolute atomic E-state index is 0.0295.